The van der Waals surface area contributed by atoms with Crippen LogP contribution in [0.2, 0.25) is 0 Å². The number of nitrogens with zero attached hydrogens (tertiary/aromatic N) is 1. The van der Waals surface area contributed by atoms with Crippen molar-refractivity contribution in [3.05, 3.63) is 71.3 Å². The van der Waals surface area contributed by atoms with E-state index in [-0.39, 0.29) is 0 Å². The van der Waals surface area contributed by atoms with Gasteiger partial charge in [-0.1, -0.05) is 24.3 Å². The van der Waals surface area contributed by atoms with Crippen molar-refractivity contribution in [2.24, 2.45) is 10.7 Å². The molecule has 0 unspecified atom stereocenters. The summed E-state index contributed by atoms with van der Waals surface area (Å²) in [5.74, 6) is 1.11. The van der Waals surface area contributed by atoms with Crippen molar-refractivity contribution in [1.82, 2.24) is 0 Å². The molecule has 5 N–H and O–H groups in total. The van der Waals surface area contributed by atoms with Crippen LogP contribution in [-0.2, 0) is 4.74 Å². The molecule has 3 rings (SSSR count). The Morgan fingerprint density at radius 1 is 0.871 bits per heavy atom. The normalized spacial score (nSPS) is 10.8. The standard InChI is InChI=1S/C23H26N4O.C2H6O/c1-14-8-9-15(2)21(10-14)26-23(25)27-22-16(3)11-18(13-20(22)24)17-6-5-7-19(12-17)28-4;1-3-2/h5-13H,24H2,1-4H3,(H3,25,26,27);1-2H3. The maximum absolute atomic E-state index is 6.30. The van der Waals surface area contributed by atoms with Crippen LogP contribution in [0.4, 0.5) is 17.1 Å². The molecule has 0 aliphatic heterocycles. The molecule has 0 saturated heterocycles. The fourth-order valence-corrected chi connectivity index (χ4v) is 3.09. The molecular formula is C25H32N4O2. The third kappa shape index (κ3) is 6.49. The molecule has 0 atom stereocenters. The highest BCUT2D eigenvalue weighted by Gasteiger charge is 2.09. The minimum absolute atomic E-state index is 0.303. The summed E-state index contributed by atoms with van der Waals surface area (Å²) in [5.41, 5.74) is 19.9. The molecular weight excluding hydrogens is 388 g/mol. The Balaban J connectivity index is 0.00000107. The molecule has 0 heterocycles. The van der Waals surface area contributed by atoms with Crippen LogP contribution in [0, 0.1) is 20.8 Å². The highest BCUT2D eigenvalue weighted by atomic mass is 16.5. The third-order valence-corrected chi connectivity index (χ3v) is 4.62. The minimum Gasteiger partial charge on any atom is -0.497 e. The van der Waals surface area contributed by atoms with E-state index in [1.807, 2.05) is 63.2 Å². The lowest BCUT2D eigenvalue weighted by Crippen LogP contribution is -2.22. The second-order valence-electron chi connectivity index (χ2n) is 7.31. The van der Waals surface area contributed by atoms with Gasteiger partial charge >= 0.3 is 0 Å². The third-order valence-electron chi connectivity index (χ3n) is 4.62. The fourth-order valence-electron chi connectivity index (χ4n) is 3.09. The molecule has 0 aliphatic carbocycles. The molecule has 0 bridgehead atoms. The molecule has 0 fully saturated rings. The van der Waals surface area contributed by atoms with E-state index >= 15 is 0 Å². The van der Waals surface area contributed by atoms with Gasteiger partial charge in [0, 0.05) is 19.9 Å². The molecule has 0 spiro atoms. The van der Waals surface area contributed by atoms with E-state index in [4.69, 9.17) is 16.2 Å². The van der Waals surface area contributed by atoms with E-state index in [2.05, 4.69) is 27.2 Å². The molecule has 0 saturated carbocycles. The number of anilines is 2. The van der Waals surface area contributed by atoms with Crippen molar-refractivity contribution in [3.8, 4) is 16.9 Å². The number of rotatable bonds is 4. The summed E-state index contributed by atoms with van der Waals surface area (Å²) in [5, 5.41) is 3.17. The number of guanidine groups is 1. The lowest BCUT2D eigenvalue weighted by atomic mass is 10.0. The van der Waals surface area contributed by atoms with Gasteiger partial charge in [-0.05, 0) is 78.9 Å². The van der Waals surface area contributed by atoms with Gasteiger partial charge in [0.15, 0.2) is 5.96 Å². The minimum atomic E-state index is 0.303. The SMILES string of the molecule is COC.COc1cccc(-c2cc(C)c(N=C(N)Nc3cc(C)ccc3C)c(N)c2)c1. The second kappa shape index (κ2) is 11.0. The highest BCUT2D eigenvalue weighted by molar-refractivity contribution is 5.96. The molecule has 6 heteroatoms. The Morgan fingerprint density at radius 3 is 2.23 bits per heavy atom. The van der Waals surface area contributed by atoms with Gasteiger partial charge in [0.2, 0.25) is 0 Å². The predicted octanol–water partition coefficient (Wildman–Crippen LogP) is 5.19. The van der Waals surface area contributed by atoms with Gasteiger partial charge in [-0.3, -0.25) is 0 Å². The lowest BCUT2D eigenvalue weighted by Gasteiger charge is -2.13. The largest absolute Gasteiger partial charge is 0.497 e. The molecule has 31 heavy (non-hydrogen) atoms. The van der Waals surface area contributed by atoms with E-state index in [0.717, 1.165) is 39.3 Å². The van der Waals surface area contributed by atoms with Crippen LogP contribution in [0.5, 0.6) is 5.75 Å². The summed E-state index contributed by atoms with van der Waals surface area (Å²) < 4.78 is 9.56. The van der Waals surface area contributed by atoms with Crippen molar-refractivity contribution < 1.29 is 9.47 Å². The number of ether oxygens (including phenoxy) is 2. The van der Waals surface area contributed by atoms with Crippen LogP contribution in [0.15, 0.2) is 59.6 Å². The fraction of sp³-hybridized carbons (Fsp3) is 0.240. The van der Waals surface area contributed by atoms with Crippen molar-refractivity contribution in [2.45, 2.75) is 20.8 Å². The summed E-state index contributed by atoms with van der Waals surface area (Å²) in [6, 6.07) is 18.0. The summed E-state index contributed by atoms with van der Waals surface area (Å²) in [7, 11) is 4.91. The van der Waals surface area contributed by atoms with E-state index in [0.29, 0.717) is 17.3 Å². The maximum atomic E-state index is 6.30. The number of methoxy groups -OCH3 is 2. The average Bonchev–Trinajstić information content (AvgIpc) is 2.74. The van der Waals surface area contributed by atoms with Crippen LogP contribution < -0.4 is 21.5 Å². The highest BCUT2D eigenvalue weighted by Crippen LogP contribution is 2.34. The van der Waals surface area contributed by atoms with Gasteiger partial charge < -0.3 is 26.3 Å². The second-order valence-corrected chi connectivity index (χ2v) is 7.31. The van der Waals surface area contributed by atoms with Crippen molar-refractivity contribution in [2.75, 3.05) is 32.4 Å². The summed E-state index contributed by atoms with van der Waals surface area (Å²) in [6.45, 7) is 6.04. The van der Waals surface area contributed by atoms with Crippen LogP contribution in [0.25, 0.3) is 11.1 Å². The number of nitrogens with two attached hydrogens (primary N) is 2. The molecule has 164 valence electrons. The van der Waals surface area contributed by atoms with Gasteiger partial charge in [0.1, 0.15) is 5.75 Å². The van der Waals surface area contributed by atoms with Crippen LogP contribution in [0.1, 0.15) is 16.7 Å². The first-order valence-electron chi connectivity index (χ1n) is 9.92. The first-order valence-corrected chi connectivity index (χ1v) is 9.92. The number of aliphatic imine (C=N–C) groups is 1. The zero-order valence-electron chi connectivity index (χ0n) is 19.1. The Kier molecular flexibility index (Phi) is 8.46. The summed E-state index contributed by atoms with van der Waals surface area (Å²) in [4.78, 5) is 4.53. The number of hydrogen-bond donors (Lipinski definition) is 3. The molecule has 6 nitrogen and oxygen atoms in total. The van der Waals surface area contributed by atoms with Crippen molar-refractivity contribution in [3.63, 3.8) is 0 Å². The van der Waals surface area contributed by atoms with Crippen molar-refractivity contribution >= 4 is 23.0 Å². The summed E-state index contributed by atoms with van der Waals surface area (Å²) >= 11 is 0. The topological polar surface area (TPSA) is 94.9 Å². The van der Waals surface area contributed by atoms with E-state index in [1.54, 1.807) is 21.3 Å². The van der Waals surface area contributed by atoms with Crippen LogP contribution >= 0.6 is 0 Å². The Labute approximate surface area is 184 Å². The Morgan fingerprint density at radius 2 is 1.58 bits per heavy atom. The molecule has 3 aromatic rings. The number of nitrogen functional groups attached to an aromatic ring is 1. The summed E-state index contributed by atoms with van der Waals surface area (Å²) in [6.07, 6.45) is 0. The smallest absolute Gasteiger partial charge is 0.198 e. The van der Waals surface area contributed by atoms with Crippen molar-refractivity contribution in [1.29, 1.82) is 0 Å². The van der Waals surface area contributed by atoms with Gasteiger partial charge in [-0.2, -0.15) is 0 Å². The lowest BCUT2D eigenvalue weighted by molar-refractivity contribution is 0.277. The first kappa shape index (κ1) is 23.8. The van der Waals surface area contributed by atoms with E-state index in [1.165, 1.54) is 0 Å². The van der Waals surface area contributed by atoms with E-state index < -0.39 is 0 Å². The molecule has 3 aromatic carbocycles. The Hall–Kier alpha value is -3.51. The van der Waals surface area contributed by atoms with Gasteiger partial charge in [0.05, 0.1) is 18.5 Å². The quantitative estimate of drug-likeness (QED) is 0.307. The maximum Gasteiger partial charge on any atom is 0.198 e. The number of benzene rings is 3. The average molecular weight is 421 g/mol. The van der Waals surface area contributed by atoms with Crippen LogP contribution in [0.3, 0.4) is 0 Å². The van der Waals surface area contributed by atoms with E-state index in [9.17, 15) is 0 Å². The molecule has 0 aliphatic rings. The number of aryl methyl sites for hydroxylation is 3. The molecule has 0 radical (unpaired) electrons. The zero-order valence-corrected chi connectivity index (χ0v) is 19.1. The monoisotopic (exact) mass is 420 g/mol. The molecule has 0 aromatic heterocycles. The Bertz CT molecular complexity index is 1040. The van der Waals surface area contributed by atoms with Gasteiger partial charge in [-0.25, -0.2) is 4.99 Å². The number of nitrogens with one attached hydrogen (secondary N) is 1. The van der Waals surface area contributed by atoms with Crippen LogP contribution in [-0.4, -0.2) is 27.3 Å². The predicted molar refractivity (Wildman–Crippen MR) is 131 cm³/mol. The van der Waals surface area contributed by atoms with Gasteiger partial charge in [-0.15, -0.1) is 0 Å². The zero-order chi connectivity index (χ0) is 23.0. The van der Waals surface area contributed by atoms with Gasteiger partial charge in [0.25, 0.3) is 0 Å². The molecule has 0 amide bonds. The first-order chi connectivity index (χ1) is 14.8. The number of hydrogen-bond acceptors (Lipinski definition) is 4.